The molecule has 115 valence electrons. The van der Waals surface area contributed by atoms with Crippen molar-refractivity contribution < 1.29 is 4.92 Å². The van der Waals surface area contributed by atoms with Gasteiger partial charge in [-0.25, -0.2) is 0 Å². The van der Waals surface area contributed by atoms with E-state index in [0.717, 1.165) is 31.8 Å². The maximum Gasteiger partial charge on any atom is 0.277 e. The predicted octanol–water partition coefficient (Wildman–Crippen LogP) is 6.13. The highest BCUT2D eigenvalue weighted by molar-refractivity contribution is 9.10. The van der Waals surface area contributed by atoms with Gasteiger partial charge < -0.3 is 0 Å². The molecule has 0 N–H and O–H groups in total. The van der Waals surface area contributed by atoms with E-state index in [1.54, 1.807) is 12.1 Å². The average molecular weight is 377 g/mol. The number of nitro benzene ring substituents is 1. The van der Waals surface area contributed by atoms with Gasteiger partial charge >= 0.3 is 0 Å². The van der Waals surface area contributed by atoms with Crippen LogP contribution in [-0.2, 0) is 0 Å². The number of rotatable bonds is 2. The van der Waals surface area contributed by atoms with Gasteiger partial charge in [-0.05, 0) is 45.5 Å². The molecule has 0 bridgehead atoms. The second kappa shape index (κ2) is 5.73. The van der Waals surface area contributed by atoms with E-state index in [2.05, 4.69) is 22.0 Å². The molecule has 0 aliphatic heterocycles. The molecule has 0 saturated carbocycles. The number of hydrogen-bond acceptors (Lipinski definition) is 2. The van der Waals surface area contributed by atoms with Crippen LogP contribution in [0.2, 0.25) is 0 Å². The summed E-state index contributed by atoms with van der Waals surface area (Å²) < 4.78 is 0.810. The smallest absolute Gasteiger partial charge is 0.258 e. The summed E-state index contributed by atoms with van der Waals surface area (Å²) in [5.74, 6) is 0. The van der Waals surface area contributed by atoms with E-state index in [9.17, 15) is 10.1 Å². The van der Waals surface area contributed by atoms with Crippen LogP contribution in [0.15, 0.2) is 71.2 Å². The van der Waals surface area contributed by atoms with Crippen LogP contribution in [0, 0.1) is 16.2 Å². The van der Waals surface area contributed by atoms with Crippen molar-refractivity contribution in [2.75, 3.05) is 0 Å². The van der Waals surface area contributed by atoms with Crippen LogP contribution in [0.25, 0.3) is 32.7 Å². The fourth-order valence-corrected chi connectivity index (χ4v) is 3.35. The molecule has 0 saturated heterocycles. The Kier molecular flexibility index (Phi) is 3.54. The minimum atomic E-state index is -0.336. The third-order valence-corrected chi connectivity index (χ3v) is 4.58. The van der Waals surface area contributed by atoms with Gasteiger partial charge in [0.25, 0.3) is 5.69 Å². The molecule has 0 aliphatic rings. The van der Waals surface area contributed by atoms with Crippen molar-refractivity contribution in [3.8, 4) is 11.1 Å². The van der Waals surface area contributed by atoms with Gasteiger partial charge in [0.15, 0.2) is 0 Å². The van der Waals surface area contributed by atoms with Gasteiger partial charge in [0.2, 0.25) is 0 Å². The largest absolute Gasteiger partial charge is 0.277 e. The normalized spacial score (nSPS) is 11.0. The molecule has 4 rings (SSSR count). The topological polar surface area (TPSA) is 43.1 Å². The lowest BCUT2D eigenvalue weighted by Gasteiger charge is -2.09. The zero-order valence-electron chi connectivity index (χ0n) is 12.5. The second-order valence-corrected chi connectivity index (χ2v) is 6.46. The maximum absolute atomic E-state index is 11.5. The molecule has 1 radical (unpaired) electrons. The van der Waals surface area contributed by atoms with Crippen LogP contribution in [0.3, 0.4) is 0 Å². The zero-order valence-corrected chi connectivity index (χ0v) is 14.1. The predicted molar refractivity (Wildman–Crippen MR) is 100 cm³/mol. The van der Waals surface area contributed by atoms with E-state index in [0.29, 0.717) is 5.39 Å². The molecule has 0 aliphatic carbocycles. The molecule has 3 nitrogen and oxygen atoms in total. The number of nitrogens with zero attached hydrogens (tertiary/aromatic N) is 1. The van der Waals surface area contributed by atoms with Crippen LogP contribution in [0.4, 0.5) is 5.69 Å². The van der Waals surface area contributed by atoms with Gasteiger partial charge in [-0.15, -0.1) is 0 Å². The van der Waals surface area contributed by atoms with Crippen molar-refractivity contribution >= 4 is 43.2 Å². The zero-order chi connectivity index (χ0) is 16.7. The molecule has 24 heavy (non-hydrogen) atoms. The quantitative estimate of drug-likeness (QED) is 0.312. The highest BCUT2D eigenvalue weighted by Gasteiger charge is 2.16. The molecule has 4 heteroatoms. The molecule has 0 aromatic heterocycles. The highest BCUT2D eigenvalue weighted by atomic mass is 79.9. The molecule has 4 aromatic rings. The van der Waals surface area contributed by atoms with Crippen molar-refractivity contribution in [3.63, 3.8) is 0 Å². The van der Waals surface area contributed by atoms with Gasteiger partial charge in [0.1, 0.15) is 0 Å². The van der Waals surface area contributed by atoms with Gasteiger partial charge in [-0.2, -0.15) is 0 Å². The molecule has 0 spiro atoms. The first kappa shape index (κ1) is 14.8. The summed E-state index contributed by atoms with van der Waals surface area (Å²) >= 11 is 3.38. The van der Waals surface area contributed by atoms with E-state index < -0.39 is 0 Å². The van der Waals surface area contributed by atoms with Gasteiger partial charge in [0, 0.05) is 10.5 Å². The van der Waals surface area contributed by atoms with Crippen LogP contribution in [-0.4, -0.2) is 4.92 Å². The third kappa shape index (κ3) is 2.45. The summed E-state index contributed by atoms with van der Waals surface area (Å²) in [7, 11) is 0. The number of non-ortho nitro benzene ring substituents is 1. The third-order valence-electron chi connectivity index (χ3n) is 4.08. The highest BCUT2D eigenvalue weighted by Crippen LogP contribution is 2.36. The Hall–Kier alpha value is -2.72. The molecule has 0 atom stereocenters. The molecule has 0 fully saturated rings. The van der Waals surface area contributed by atoms with E-state index >= 15 is 0 Å². The Labute approximate surface area is 146 Å². The molecule has 0 unspecified atom stereocenters. The number of fused-ring (bicyclic) bond motifs is 2. The fraction of sp³-hybridized carbons (Fsp3) is 0. The Bertz CT molecular complexity index is 1100. The van der Waals surface area contributed by atoms with Crippen LogP contribution in [0.5, 0.6) is 0 Å². The van der Waals surface area contributed by atoms with E-state index in [1.165, 1.54) is 0 Å². The summed E-state index contributed by atoms with van der Waals surface area (Å²) in [4.78, 5) is 11.2. The van der Waals surface area contributed by atoms with Gasteiger partial charge in [-0.3, -0.25) is 10.1 Å². The number of benzene rings is 4. The number of hydrogen-bond donors (Lipinski definition) is 0. The minimum absolute atomic E-state index is 0.0907. The van der Waals surface area contributed by atoms with Gasteiger partial charge in [-0.1, -0.05) is 64.5 Å². The first-order chi connectivity index (χ1) is 11.6. The summed E-state index contributed by atoms with van der Waals surface area (Å²) in [6.45, 7) is 0. The SMILES string of the molecule is O=[N+]([O-])c1cc(-c2cccc3ccccc23)[c]c2ccc(Br)cc12. The lowest BCUT2D eigenvalue weighted by atomic mass is 9.95. The first-order valence-corrected chi connectivity index (χ1v) is 8.21. The summed E-state index contributed by atoms with van der Waals surface area (Å²) in [6, 6.07) is 24.4. The second-order valence-electron chi connectivity index (χ2n) is 5.54. The average Bonchev–Trinajstić information content (AvgIpc) is 2.60. The lowest BCUT2D eigenvalue weighted by Crippen LogP contribution is -1.92. The van der Waals surface area contributed by atoms with Crippen LogP contribution < -0.4 is 0 Å². The summed E-state index contributed by atoms with van der Waals surface area (Å²) in [6.07, 6.45) is 0. The monoisotopic (exact) mass is 376 g/mol. The van der Waals surface area contributed by atoms with Crippen LogP contribution in [0.1, 0.15) is 0 Å². The van der Waals surface area contributed by atoms with E-state index in [1.807, 2.05) is 54.6 Å². The van der Waals surface area contributed by atoms with Crippen LogP contribution >= 0.6 is 15.9 Å². The van der Waals surface area contributed by atoms with Crippen molar-refractivity contribution in [2.45, 2.75) is 0 Å². The van der Waals surface area contributed by atoms with Gasteiger partial charge in [0.05, 0.1) is 10.3 Å². The first-order valence-electron chi connectivity index (χ1n) is 7.41. The lowest BCUT2D eigenvalue weighted by molar-refractivity contribution is -0.383. The molecule has 0 heterocycles. The fourth-order valence-electron chi connectivity index (χ4n) is 2.99. The Balaban J connectivity index is 2.07. The Morgan fingerprint density at radius 1 is 0.917 bits per heavy atom. The number of nitro groups is 1. The Morgan fingerprint density at radius 2 is 1.71 bits per heavy atom. The molecule has 4 aromatic carbocycles. The molecular formula is C20H11BrNO2. The summed E-state index contributed by atoms with van der Waals surface area (Å²) in [5.41, 5.74) is 1.77. The van der Waals surface area contributed by atoms with Crippen molar-refractivity contribution in [1.82, 2.24) is 0 Å². The molecule has 0 amide bonds. The summed E-state index contributed by atoms with van der Waals surface area (Å²) in [5, 5.41) is 15.0. The van der Waals surface area contributed by atoms with E-state index in [4.69, 9.17) is 0 Å². The maximum atomic E-state index is 11.5. The standard InChI is InChI=1S/C20H11BrNO2/c21-16-9-8-14-10-15(11-20(22(23)24)19(14)12-16)18-7-3-5-13-4-1-2-6-17(13)18/h1-9,11-12H. The van der Waals surface area contributed by atoms with Crippen molar-refractivity contribution in [1.29, 1.82) is 0 Å². The van der Waals surface area contributed by atoms with E-state index in [-0.39, 0.29) is 10.6 Å². The molecular weight excluding hydrogens is 366 g/mol. The minimum Gasteiger partial charge on any atom is -0.258 e. The van der Waals surface area contributed by atoms with Crippen molar-refractivity contribution in [2.24, 2.45) is 0 Å². The Morgan fingerprint density at radius 3 is 2.54 bits per heavy atom. The van der Waals surface area contributed by atoms with Crippen molar-refractivity contribution in [3.05, 3.63) is 87.4 Å². The number of halogens is 1.